The molecule has 0 aromatic heterocycles. The molecule has 3 nitrogen and oxygen atoms in total. The Hall–Kier alpha value is -0.870. The molecule has 2 rings (SSSR count). The number of rotatable bonds is 6. The number of benzene rings is 1. The standard InChI is InChI=1S/C15H23NO2S/c1-3-19-11-12(2)16-10-13-5-6-14-15(9-13)18-8-4-7-17-14/h5-6,9,12,16H,3-4,7-8,10-11H2,1-2H3. The van der Waals surface area contributed by atoms with Gasteiger partial charge in [-0.05, 0) is 30.4 Å². The number of fused-ring (bicyclic) bond motifs is 1. The molecule has 1 heterocycles. The Bertz CT molecular complexity index is 398. The summed E-state index contributed by atoms with van der Waals surface area (Å²) in [6, 6.07) is 6.75. The Morgan fingerprint density at radius 3 is 2.84 bits per heavy atom. The summed E-state index contributed by atoms with van der Waals surface area (Å²) in [5.74, 6) is 4.08. The van der Waals surface area contributed by atoms with Crippen molar-refractivity contribution in [2.24, 2.45) is 0 Å². The third kappa shape index (κ3) is 4.62. The van der Waals surface area contributed by atoms with Gasteiger partial charge in [-0.15, -0.1) is 0 Å². The van der Waals surface area contributed by atoms with E-state index in [1.54, 1.807) is 0 Å². The quantitative estimate of drug-likeness (QED) is 0.868. The van der Waals surface area contributed by atoms with Gasteiger partial charge < -0.3 is 14.8 Å². The molecule has 1 N–H and O–H groups in total. The Balaban J connectivity index is 1.89. The second-order valence-corrected chi connectivity index (χ2v) is 6.09. The summed E-state index contributed by atoms with van der Waals surface area (Å²) >= 11 is 1.97. The molecule has 1 atom stereocenters. The predicted molar refractivity (Wildman–Crippen MR) is 81.3 cm³/mol. The van der Waals surface area contributed by atoms with Crippen LogP contribution in [0.2, 0.25) is 0 Å². The Labute approximate surface area is 120 Å². The Kier molecular flexibility index (Phi) is 5.86. The summed E-state index contributed by atoms with van der Waals surface area (Å²) < 4.78 is 11.3. The van der Waals surface area contributed by atoms with Gasteiger partial charge in [-0.1, -0.05) is 13.0 Å². The van der Waals surface area contributed by atoms with Crippen LogP contribution < -0.4 is 14.8 Å². The maximum atomic E-state index is 5.70. The molecule has 1 aliphatic heterocycles. The fourth-order valence-corrected chi connectivity index (χ4v) is 2.67. The SMILES string of the molecule is CCSCC(C)NCc1ccc2c(c1)OCCCO2. The molecule has 0 amide bonds. The van der Waals surface area contributed by atoms with E-state index in [0.717, 1.165) is 43.4 Å². The van der Waals surface area contributed by atoms with Crippen molar-refractivity contribution in [3.63, 3.8) is 0 Å². The summed E-state index contributed by atoms with van der Waals surface area (Å²) in [7, 11) is 0. The number of hydrogen-bond donors (Lipinski definition) is 1. The second kappa shape index (κ2) is 7.65. The summed E-state index contributed by atoms with van der Waals surface area (Å²) in [5.41, 5.74) is 1.25. The molecular formula is C15H23NO2S. The molecule has 0 radical (unpaired) electrons. The minimum absolute atomic E-state index is 0.529. The molecule has 1 aromatic carbocycles. The van der Waals surface area contributed by atoms with Crippen molar-refractivity contribution in [2.75, 3.05) is 24.7 Å². The molecule has 0 fully saturated rings. The van der Waals surface area contributed by atoms with Crippen LogP contribution in [-0.4, -0.2) is 30.8 Å². The maximum absolute atomic E-state index is 5.70. The monoisotopic (exact) mass is 281 g/mol. The fraction of sp³-hybridized carbons (Fsp3) is 0.600. The van der Waals surface area contributed by atoms with Gasteiger partial charge in [-0.25, -0.2) is 0 Å². The van der Waals surface area contributed by atoms with Gasteiger partial charge in [0.05, 0.1) is 13.2 Å². The molecule has 1 unspecified atom stereocenters. The van der Waals surface area contributed by atoms with Crippen molar-refractivity contribution in [3.05, 3.63) is 23.8 Å². The molecule has 1 aromatic rings. The van der Waals surface area contributed by atoms with Crippen LogP contribution in [0.25, 0.3) is 0 Å². The number of ether oxygens (including phenoxy) is 2. The first-order valence-corrected chi connectivity index (χ1v) is 8.14. The van der Waals surface area contributed by atoms with Gasteiger partial charge in [-0.2, -0.15) is 11.8 Å². The molecule has 0 spiro atoms. The van der Waals surface area contributed by atoms with Crippen molar-refractivity contribution < 1.29 is 9.47 Å². The van der Waals surface area contributed by atoms with Crippen molar-refractivity contribution in [1.29, 1.82) is 0 Å². The van der Waals surface area contributed by atoms with E-state index >= 15 is 0 Å². The average Bonchev–Trinajstić information content (AvgIpc) is 2.67. The first-order chi connectivity index (χ1) is 9.29. The average molecular weight is 281 g/mol. The van der Waals surface area contributed by atoms with Crippen LogP contribution in [0.4, 0.5) is 0 Å². The minimum atomic E-state index is 0.529. The van der Waals surface area contributed by atoms with Gasteiger partial charge >= 0.3 is 0 Å². The van der Waals surface area contributed by atoms with Gasteiger partial charge in [0.25, 0.3) is 0 Å². The van der Waals surface area contributed by atoms with Crippen LogP contribution >= 0.6 is 11.8 Å². The lowest BCUT2D eigenvalue weighted by Crippen LogP contribution is -2.27. The van der Waals surface area contributed by atoms with E-state index < -0.39 is 0 Å². The molecule has 0 aliphatic carbocycles. The zero-order valence-corrected chi connectivity index (χ0v) is 12.6. The highest BCUT2D eigenvalue weighted by Gasteiger charge is 2.10. The lowest BCUT2D eigenvalue weighted by molar-refractivity contribution is 0.297. The molecule has 0 bridgehead atoms. The lowest BCUT2D eigenvalue weighted by atomic mass is 10.2. The number of nitrogens with one attached hydrogen (secondary N) is 1. The van der Waals surface area contributed by atoms with Crippen LogP contribution in [0.1, 0.15) is 25.8 Å². The Morgan fingerprint density at radius 1 is 1.26 bits per heavy atom. The van der Waals surface area contributed by atoms with E-state index in [1.165, 1.54) is 11.3 Å². The third-order valence-electron chi connectivity index (χ3n) is 3.04. The van der Waals surface area contributed by atoms with Crippen LogP contribution in [0.5, 0.6) is 11.5 Å². The van der Waals surface area contributed by atoms with Gasteiger partial charge in [0.1, 0.15) is 0 Å². The van der Waals surface area contributed by atoms with E-state index in [9.17, 15) is 0 Å². The lowest BCUT2D eigenvalue weighted by Gasteiger charge is -2.14. The zero-order valence-electron chi connectivity index (χ0n) is 11.8. The first kappa shape index (κ1) is 14.5. The highest BCUT2D eigenvalue weighted by molar-refractivity contribution is 7.99. The van der Waals surface area contributed by atoms with Gasteiger partial charge in [-0.3, -0.25) is 0 Å². The summed E-state index contributed by atoms with van der Waals surface area (Å²) in [4.78, 5) is 0. The highest BCUT2D eigenvalue weighted by atomic mass is 32.2. The molecule has 19 heavy (non-hydrogen) atoms. The molecule has 1 aliphatic rings. The van der Waals surface area contributed by atoms with Gasteiger partial charge in [0, 0.05) is 24.8 Å². The van der Waals surface area contributed by atoms with E-state index in [0.29, 0.717) is 6.04 Å². The number of thioether (sulfide) groups is 1. The smallest absolute Gasteiger partial charge is 0.161 e. The molecule has 0 saturated heterocycles. The maximum Gasteiger partial charge on any atom is 0.161 e. The van der Waals surface area contributed by atoms with E-state index in [2.05, 4.69) is 31.3 Å². The summed E-state index contributed by atoms with van der Waals surface area (Å²) in [5, 5.41) is 3.54. The molecular weight excluding hydrogens is 258 g/mol. The van der Waals surface area contributed by atoms with E-state index in [-0.39, 0.29) is 0 Å². The van der Waals surface area contributed by atoms with Crippen molar-refractivity contribution in [2.45, 2.75) is 32.9 Å². The predicted octanol–water partition coefficient (Wildman–Crippen LogP) is 3.08. The number of hydrogen-bond acceptors (Lipinski definition) is 4. The minimum Gasteiger partial charge on any atom is -0.490 e. The molecule has 4 heteroatoms. The van der Waals surface area contributed by atoms with E-state index in [4.69, 9.17) is 9.47 Å². The fourth-order valence-electron chi connectivity index (χ4n) is 1.96. The van der Waals surface area contributed by atoms with Crippen LogP contribution in [-0.2, 0) is 6.54 Å². The highest BCUT2D eigenvalue weighted by Crippen LogP contribution is 2.30. The topological polar surface area (TPSA) is 30.5 Å². The molecule has 0 saturated carbocycles. The van der Waals surface area contributed by atoms with Crippen molar-refractivity contribution in [3.8, 4) is 11.5 Å². The van der Waals surface area contributed by atoms with Crippen molar-refractivity contribution in [1.82, 2.24) is 5.32 Å². The van der Waals surface area contributed by atoms with Gasteiger partial charge in [0.2, 0.25) is 0 Å². The van der Waals surface area contributed by atoms with E-state index in [1.807, 2.05) is 17.8 Å². The second-order valence-electron chi connectivity index (χ2n) is 4.77. The Morgan fingerprint density at radius 2 is 2.05 bits per heavy atom. The zero-order chi connectivity index (χ0) is 13.5. The van der Waals surface area contributed by atoms with Crippen molar-refractivity contribution >= 4 is 11.8 Å². The molecule has 106 valence electrons. The largest absolute Gasteiger partial charge is 0.490 e. The van der Waals surface area contributed by atoms with Crippen LogP contribution in [0.3, 0.4) is 0 Å². The van der Waals surface area contributed by atoms with Crippen LogP contribution in [0, 0.1) is 0 Å². The van der Waals surface area contributed by atoms with Gasteiger partial charge in [0.15, 0.2) is 11.5 Å². The summed E-state index contributed by atoms with van der Waals surface area (Å²) in [6.45, 7) is 6.79. The normalized spacial score (nSPS) is 15.9. The first-order valence-electron chi connectivity index (χ1n) is 6.99. The third-order valence-corrected chi connectivity index (χ3v) is 4.18. The summed E-state index contributed by atoms with van der Waals surface area (Å²) in [6.07, 6.45) is 0.952. The van der Waals surface area contributed by atoms with Crippen LogP contribution in [0.15, 0.2) is 18.2 Å².